The fourth-order valence-electron chi connectivity index (χ4n) is 3.45. The van der Waals surface area contributed by atoms with Crippen LogP contribution in [0.3, 0.4) is 0 Å². The molecule has 1 aromatic heterocycles. The van der Waals surface area contributed by atoms with Crippen LogP contribution < -0.4 is 0 Å². The van der Waals surface area contributed by atoms with Crippen molar-refractivity contribution in [3.8, 4) is 0 Å². The Morgan fingerprint density at radius 3 is 2.65 bits per heavy atom. The number of rotatable bonds is 4. The molecule has 112 valence electrons. The lowest BCUT2D eigenvalue weighted by Crippen LogP contribution is -2.58. The number of sulfone groups is 1. The Morgan fingerprint density at radius 2 is 2.00 bits per heavy atom. The van der Waals surface area contributed by atoms with Crippen LogP contribution in [0, 0.1) is 0 Å². The van der Waals surface area contributed by atoms with Gasteiger partial charge in [-0.15, -0.1) is 0 Å². The Kier molecular flexibility index (Phi) is 3.83. The first-order chi connectivity index (χ1) is 9.59. The normalized spacial score (nSPS) is 30.4. The summed E-state index contributed by atoms with van der Waals surface area (Å²) in [5, 5.41) is 0. The average Bonchev–Trinajstić information content (AvgIpc) is 2.99. The van der Waals surface area contributed by atoms with Crippen molar-refractivity contribution in [3.05, 3.63) is 18.2 Å². The van der Waals surface area contributed by atoms with Crippen molar-refractivity contribution >= 4 is 9.84 Å². The molecule has 2 atom stereocenters. The van der Waals surface area contributed by atoms with E-state index in [1.54, 1.807) is 6.33 Å². The lowest BCUT2D eigenvalue weighted by molar-refractivity contribution is 0.0399. The number of hydrogen-bond donors (Lipinski definition) is 1. The van der Waals surface area contributed by atoms with Crippen molar-refractivity contribution in [1.29, 1.82) is 0 Å². The van der Waals surface area contributed by atoms with Crippen LogP contribution in [-0.4, -0.2) is 71.4 Å². The Balaban J connectivity index is 1.78. The van der Waals surface area contributed by atoms with Crippen LogP contribution in [0.1, 0.15) is 19.0 Å². The molecular formula is C13H22N4O2S. The van der Waals surface area contributed by atoms with Gasteiger partial charge in [0.15, 0.2) is 9.84 Å². The van der Waals surface area contributed by atoms with Crippen molar-refractivity contribution in [2.75, 3.05) is 31.1 Å². The first-order valence-corrected chi connectivity index (χ1v) is 9.07. The second-order valence-corrected chi connectivity index (χ2v) is 7.95. The predicted molar refractivity (Wildman–Crippen MR) is 77.1 cm³/mol. The van der Waals surface area contributed by atoms with Crippen molar-refractivity contribution in [2.24, 2.45) is 0 Å². The summed E-state index contributed by atoms with van der Waals surface area (Å²) in [5.74, 6) is 0.614. The number of H-pyrrole nitrogens is 1. The number of nitrogens with zero attached hydrogens (tertiary/aromatic N) is 3. The SMILES string of the molecule is CCCN1CCN(Cc2cnc[nH]2)[C@H]2CS(=O)(=O)C[C@H]21. The maximum absolute atomic E-state index is 12.0. The fraction of sp³-hybridized carbons (Fsp3) is 0.769. The molecule has 3 rings (SSSR count). The summed E-state index contributed by atoms with van der Waals surface area (Å²) in [5.41, 5.74) is 1.05. The summed E-state index contributed by atoms with van der Waals surface area (Å²) in [7, 11) is -2.90. The molecule has 0 saturated carbocycles. The maximum atomic E-state index is 12.0. The molecule has 0 amide bonds. The van der Waals surface area contributed by atoms with Crippen LogP contribution in [0.25, 0.3) is 0 Å². The molecule has 2 saturated heterocycles. The van der Waals surface area contributed by atoms with Crippen molar-refractivity contribution in [2.45, 2.75) is 32.0 Å². The first-order valence-electron chi connectivity index (χ1n) is 7.25. The molecule has 0 bridgehead atoms. The first kappa shape index (κ1) is 14.0. The number of hydrogen-bond acceptors (Lipinski definition) is 5. The van der Waals surface area contributed by atoms with E-state index in [-0.39, 0.29) is 12.1 Å². The standard InChI is InChI=1S/C13H22N4O2S/c1-2-3-16-4-5-17(7-11-6-14-10-15-11)13-9-20(18,19)8-12(13)16/h6,10,12-13H,2-5,7-9H2,1H3,(H,14,15)/t12-,13+/m1/s1. The Morgan fingerprint density at radius 1 is 1.30 bits per heavy atom. The molecule has 1 aromatic rings. The van der Waals surface area contributed by atoms with Gasteiger partial charge in [-0.2, -0.15) is 0 Å². The van der Waals surface area contributed by atoms with Crippen molar-refractivity contribution < 1.29 is 8.42 Å². The minimum absolute atomic E-state index is 0.128. The number of imidazole rings is 1. The van der Waals surface area contributed by atoms with Crippen LogP contribution in [0.15, 0.2) is 12.5 Å². The van der Waals surface area contributed by atoms with Gasteiger partial charge in [-0.1, -0.05) is 6.92 Å². The molecule has 6 nitrogen and oxygen atoms in total. The Hall–Kier alpha value is -0.920. The van der Waals surface area contributed by atoms with Gasteiger partial charge in [-0.3, -0.25) is 9.80 Å². The van der Waals surface area contributed by atoms with Gasteiger partial charge in [0.1, 0.15) is 0 Å². The highest BCUT2D eigenvalue weighted by molar-refractivity contribution is 7.91. The average molecular weight is 298 g/mol. The van der Waals surface area contributed by atoms with Gasteiger partial charge in [0.2, 0.25) is 0 Å². The molecule has 2 aliphatic heterocycles. The predicted octanol–water partition coefficient (Wildman–Crippen LogP) is 0.103. The third kappa shape index (κ3) is 2.75. The molecule has 3 heterocycles. The van der Waals surface area contributed by atoms with E-state index in [0.717, 1.165) is 38.3 Å². The molecule has 0 spiro atoms. The van der Waals surface area contributed by atoms with Gasteiger partial charge in [0, 0.05) is 43.6 Å². The molecular weight excluding hydrogens is 276 g/mol. The second-order valence-electron chi connectivity index (χ2n) is 5.79. The highest BCUT2D eigenvalue weighted by atomic mass is 32.2. The lowest BCUT2D eigenvalue weighted by atomic mass is 10.0. The Labute approximate surface area is 120 Å². The fourth-order valence-corrected chi connectivity index (χ4v) is 5.49. The summed E-state index contributed by atoms with van der Waals surface area (Å²) in [4.78, 5) is 11.8. The molecule has 20 heavy (non-hydrogen) atoms. The maximum Gasteiger partial charge on any atom is 0.153 e. The summed E-state index contributed by atoms with van der Waals surface area (Å²) in [6, 6.07) is 0.292. The van der Waals surface area contributed by atoms with E-state index in [1.165, 1.54) is 0 Å². The topological polar surface area (TPSA) is 69.3 Å². The summed E-state index contributed by atoms with van der Waals surface area (Å²) < 4.78 is 24.0. The van der Waals surface area contributed by atoms with Crippen LogP contribution in [0.5, 0.6) is 0 Å². The number of fused-ring (bicyclic) bond motifs is 1. The monoisotopic (exact) mass is 298 g/mol. The van der Waals surface area contributed by atoms with E-state index < -0.39 is 9.84 Å². The van der Waals surface area contributed by atoms with Gasteiger partial charge >= 0.3 is 0 Å². The molecule has 1 N–H and O–H groups in total. The van der Waals surface area contributed by atoms with Gasteiger partial charge in [0.05, 0.1) is 17.8 Å². The lowest BCUT2D eigenvalue weighted by Gasteiger charge is -2.43. The zero-order chi connectivity index (χ0) is 14.2. The molecule has 2 fully saturated rings. The molecule has 7 heteroatoms. The number of piperazine rings is 1. The number of nitrogens with one attached hydrogen (secondary N) is 1. The number of aromatic nitrogens is 2. The highest BCUT2D eigenvalue weighted by Gasteiger charge is 2.46. The van der Waals surface area contributed by atoms with E-state index in [9.17, 15) is 8.42 Å². The highest BCUT2D eigenvalue weighted by Crippen LogP contribution is 2.27. The van der Waals surface area contributed by atoms with Gasteiger partial charge in [-0.05, 0) is 13.0 Å². The minimum atomic E-state index is -2.90. The quantitative estimate of drug-likeness (QED) is 0.854. The summed E-state index contributed by atoms with van der Waals surface area (Å²) >= 11 is 0. The summed E-state index contributed by atoms with van der Waals surface area (Å²) in [6.07, 6.45) is 4.56. The third-order valence-electron chi connectivity index (χ3n) is 4.35. The molecule has 0 aromatic carbocycles. The minimum Gasteiger partial charge on any atom is -0.347 e. The van der Waals surface area contributed by atoms with E-state index in [4.69, 9.17) is 0 Å². The van der Waals surface area contributed by atoms with E-state index in [0.29, 0.717) is 11.5 Å². The van der Waals surface area contributed by atoms with E-state index >= 15 is 0 Å². The Bertz CT molecular complexity index is 543. The molecule has 0 aliphatic carbocycles. The van der Waals surface area contributed by atoms with E-state index in [2.05, 4.69) is 26.7 Å². The zero-order valence-electron chi connectivity index (χ0n) is 11.8. The van der Waals surface area contributed by atoms with Crippen molar-refractivity contribution in [1.82, 2.24) is 19.8 Å². The summed E-state index contributed by atoms with van der Waals surface area (Å²) in [6.45, 7) is 5.79. The number of aromatic amines is 1. The molecule has 0 unspecified atom stereocenters. The van der Waals surface area contributed by atoms with Crippen molar-refractivity contribution in [3.63, 3.8) is 0 Å². The van der Waals surface area contributed by atoms with Crippen LogP contribution in [-0.2, 0) is 16.4 Å². The smallest absolute Gasteiger partial charge is 0.153 e. The molecule has 0 radical (unpaired) electrons. The third-order valence-corrected chi connectivity index (χ3v) is 6.04. The van der Waals surface area contributed by atoms with Gasteiger partial charge in [0.25, 0.3) is 0 Å². The van der Waals surface area contributed by atoms with Crippen LogP contribution >= 0.6 is 0 Å². The largest absolute Gasteiger partial charge is 0.347 e. The van der Waals surface area contributed by atoms with Crippen LogP contribution in [0.2, 0.25) is 0 Å². The second kappa shape index (κ2) is 5.46. The zero-order valence-corrected chi connectivity index (χ0v) is 12.6. The van der Waals surface area contributed by atoms with Gasteiger partial charge in [-0.25, -0.2) is 13.4 Å². The van der Waals surface area contributed by atoms with Gasteiger partial charge < -0.3 is 4.98 Å². The van der Waals surface area contributed by atoms with Crippen LogP contribution in [0.4, 0.5) is 0 Å². The van der Waals surface area contributed by atoms with E-state index in [1.807, 2.05) is 6.20 Å². The molecule has 2 aliphatic rings.